The number of hydrogen-bond acceptors (Lipinski definition) is 2. The highest BCUT2D eigenvalue weighted by Crippen LogP contribution is 2.20. The maximum absolute atomic E-state index is 11.8. The fourth-order valence-corrected chi connectivity index (χ4v) is 1.68. The first kappa shape index (κ1) is 11.7. The van der Waals surface area contributed by atoms with Crippen LogP contribution in [0, 0.1) is 0 Å². The summed E-state index contributed by atoms with van der Waals surface area (Å²) in [6.45, 7) is 0.498. The summed E-state index contributed by atoms with van der Waals surface area (Å²) in [6, 6.07) is 7.06. The van der Waals surface area contributed by atoms with Gasteiger partial charge in [0.25, 0.3) is 5.91 Å². The van der Waals surface area contributed by atoms with Gasteiger partial charge in [0.2, 0.25) is 0 Å². The Balaban J connectivity index is 2.02. The second-order valence-electron chi connectivity index (χ2n) is 3.64. The fourth-order valence-electron chi connectivity index (χ4n) is 1.44. The van der Waals surface area contributed by atoms with Gasteiger partial charge in [-0.05, 0) is 45.8 Å². The number of aromatic nitrogens is 1. The zero-order chi connectivity index (χ0) is 12.3. The molecule has 0 aliphatic heterocycles. The van der Waals surface area contributed by atoms with Gasteiger partial charge < -0.3 is 16.0 Å². The number of hydrogen-bond donors (Lipinski definition) is 3. The van der Waals surface area contributed by atoms with Crippen LogP contribution in [0.5, 0.6) is 0 Å². The summed E-state index contributed by atoms with van der Waals surface area (Å²) < 4.78 is 0.791. The minimum atomic E-state index is -0.134. The van der Waals surface area contributed by atoms with Crippen molar-refractivity contribution in [1.29, 1.82) is 0 Å². The monoisotopic (exact) mass is 293 g/mol. The van der Waals surface area contributed by atoms with E-state index in [9.17, 15) is 4.79 Å². The van der Waals surface area contributed by atoms with Gasteiger partial charge in [0.15, 0.2) is 0 Å². The predicted octanol–water partition coefficient (Wildman–Crippen LogP) is 2.29. The number of amides is 1. The lowest BCUT2D eigenvalue weighted by Gasteiger charge is -2.05. The SMILES string of the molecule is Nc1cc(C(=O)NCc2cc[nH]c2)ccc1Br. The molecule has 5 heteroatoms. The van der Waals surface area contributed by atoms with Gasteiger partial charge in [0.05, 0.1) is 0 Å². The minimum Gasteiger partial charge on any atom is -0.398 e. The van der Waals surface area contributed by atoms with Crippen LogP contribution in [0.2, 0.25) is 0 Å². The highest BCUT2D eigenvalue weighted by Gasteiger charge is 2.06. The van der Waals surface area contributed by atoms with Crippen LogP contribution < -0.4 is 11.1 Å². The number of carbonyl (C=O) groups is 1. The molecule has 1 aromatic heterocycles. The Labute approximate surface area is 107 Å². The second kappa shape index (κ2) is 5.05. The van der Waals surface area contributed by atoms with E-state index in [4.69, 9.17) is 5.73 Å². The van der Waals surface area contributed by atoms with Crippen LogP contribution in [0.1, 0.15) is 15.9 Å². The zero-order valence-electron chi connectivity index (χ0n) is 9.03. The normalized spacial score (nSPS) is 10.2. The van der Waals surface area contributed by atoms with Crippen LogP contribution in [0.3, 0.4) is 0 Å². The first-order chi connectivity index (χ1) is 8.16. The molecule has 0 fully saturated rings. The molecule has 0 spiro atoms. The van der Waals surface area contributed by atoms with Crippen LogP contribution in [0.4, 0.5) is 5.69 Å². The third kappa shape index (κ3) is 2.88. The molecule has 17 heavy (non-hydrogen) atoms. The number of halogens is 1. The summed E-state index contributed by atoms with van der Waals surface area (Å²) in [5, 5.41) is 2.82. The van der Waals surface area contributed by atoms with Crippen LogP contribution in [-0.2, 0) is 6.54 Å². The molecular formula is C12H12BrN3O. The number of nitrogen functional groups attached to an aromatic ring is 1. The molecule has 1 aromatic carbocycles. The standard InChI is InChI=1S/C12H12BrN3O/c13-10-2-1-9(5-11(10)14)12(17)16-7-8-3-4-15-6-8/h1-6,15H,7,14H2,(H,16,17). The van der Waals surface area contributed by atoms with Crippen molar-refractivity contribution in [3.63, 3.8) is 0 Å². The number of nitrogens with one attached hydrogen (secondary N) is 2. The molecule has 0 aliphatic carbocycles. The lowest BCUT2D eigenvalue weighted by atomic mass is 10.2. The Morgan fingerprint density at radius 1 is 1.41 bits per heavy atom. The first-order valence-electron chi connectivity index (χ1n) is 5.11. The fraction of sp³-hybridized carbons (Fsp3) is 0.0833. The van der Waals surface area contributed by atoms with Crippen molar-refractivity contribution in [3.05, 3.63) is 52.3 Å². The summed E-state index contributed by atoms with van der Waals surface area (Å²) in [6.07, 6.45) is 3.66. The predicted molar refractivity (Wildman–Crippen MR) is 70.5 cm³/mol. The zero-order valence-corrected chi connectivity index (χ0v) is 10.6. The molecule has 88 valence electrons. The third-order valence-electron chi connectivity index (χ3n) is 2.37. The van der Waals surface area contributed by atoms with E-state index in [0.717, 1.165) is 10.0 Å². The minimum absolute atomic E-state index is 0.134. The molecule has 0 radical (unpaired) electrons. The number of H-pyrrole nitrogens is 1. The first-order valence-corrected chi connectivity index (χ1v) is 5.91. The Kier molecular flexibility index (Phi) is 3.49. The van der Waals surface area contributed by atoms with E-state index >= 15 is 0 Å². The van der Waals surface area contributed by atoms with Crippen LogP contribution >= 0.6 is 15.9 Å². The van der Waals surface area contributed by atoms with E-state index in [0.29, 0.717) is 17.8 Å². The lowest BCUT2D eigenvalue weighted by Crippen LogP contribution is -2.22. The van der Waals surface area contributed by atoms with Gasteiger partial charge in [0, 0.05) is 34.7 Å². The van der Waals surface area contributed by atoms with Crippen LogP contribution in [0.25, 0.3) is 0 Å². The number of benzene rings is 1. The number of aromatic amines is 1. The summed E-state index contributed by atoms with van der Waals surface area (Å²) in [5.74, 6) is -0.134. The number of rotatable bonds is 3. The van der Waals surface area contributed by atoms with E-state index in [-0.39, 0.29) is 5.91 Å². The maximum atomic E-state index is 11.8. The van der Waals surface area contributed by atoms with E-state index < -0.39 is 0 Å². The average molecular weight is 294 g/mol. The van der Waals surface area contributed by atoms with Crippen molar-refractivity contribution in [2.75, 3.05) is 5.73 Å². The number of carbonyl (C=O) groups excluding carboxylic acids is 1. The topological polar surface area (TPSA) is 70.9 Å². The molecule has 0 atom stereocenters. The molecule has 0 aliphatic rings. The molecule has 4 nitrogen and oxygen atoms in total. The Morgan fingerprint density at radius 3 is 2.88 bits per heavy atom. The average Bonchev–Trinajstić information content (AvgIpc) is 2.82. The van der Waals surface area contributed by atoms with Gasteiger partial charge in [0.1, 0.15) is 0 Å². The molecular weight excluding hydrogens is 282 g/mol. The molecule has 2 aromatic rings. The molecule has 0 saturated carbocycles. The van der Waals surface area contributed by atoms with E-state index in [1.807, 2.05) is 18.5 Å². The quantitative estimate of drug-likeness (QED) is 0.760. The molecule has 1 amide bonds. The van der Waals surface area contributed by atoms with Crippen molar-refractivity contribution in [2.24, 2.45) is 0 Å². The molecule has 0 bridgehead atoms. The van der Waals surface area contributed by atoms with Gasteiger partial charge in [-0.3, -0.25) is 4.79 Å². The summed E-state index contributed by atoms with van der Waals surface area (Å²) in [7, 11) is 0. The van der Waals surface area contributed by atoms with Gasteiger partial charge in [-0.15, -0.1) is 0 Å². The van der Waals surface area contributed by atoms with Crippen molar-refractivity contribution >= 4 is 27.5 Å². The van der Waals surface area contributed by atoms with Crippen molar-refractivity contribution in [2.45, 2.75) is 6.54 Å². The smallest absolute Gasteiger partial charge is 0.251 e. The van der Waals surface area contributed by atoms with Crippen LogP contribution in [0.15, 0.2) is 41.1 Å². The Bertz CT molecular complexity index is 523. The largest absolute Gasteiger partial charge is 0.398 e. The number of nitrogens with two attached hydrogens (primary N) is 1. The highest BCUT2D eigenvalue weighted by molar-refractivity contribution is 9.10. The van der Waals surface area contributed by atoms with Gasteiger partial charge in [-0.2, -0.15) is 0 Å². The van der Waals surface area contributed by atoms with E-state index in [1.54, 1.807) is 18.2 Å². The molecule has 2 rings (SSSR count). The van der Waals surface area contributed by atoms with E-state index in [1.165, 1.54) is 0 Å². The molecule has 1 heterocycles. The van der Waals surface area contributed by atoms with Gasteiger partial charge in [-0.25, -0.2) is 0 Å². The lowest BCUT2D eigenvalue weighted by molar-refractivity contribution is 0.0951. The van der Waals surface area contributed by atoms with Crippen molar-refractivity contribution in [3.8, 4) is 0 Å². The third-order valence-corrected chi connectivity index (χ3v) is 3.10. The van der Waals surface area contributed by atoms with E-state index in [2.05, 4.69) is 26.2 Å². The molecule has 4 N–H and O–H groups in total. The van der Waals surface area contributed by atoms with Crippen LogP contribution in [-0.4, -0.2) is 10.9 Å². The van der Waals surface area contributed by atoms with Gasteiger partial charge >= 0.3 is 0 Å². The Morgan fingerprint density at radius 2 is 2.24 bits per heavy atom. The molecule has 0 saturated heterocycles. The Hall–Kier alpha value is -1.75. The van der Waals surface area contributed by atoms with Crippen molar-refractivity contribution in [1.82, 2.24) is 10.3 Å². The number of anilines is 1. The maximum Gasteiger partial charge on any atom is 0.251 e. The van der Waals surface area contributed by atoms with Gasteiger partial charge in [-0.1, -0.05) is 0 Å². The summed E-state index contributed by atoms with van der Waals surface area (Å²) in [5.41, 5.74) is 7.86. The summed E-state index contributed by atoms with van der Waals surface area (Å²) in [4.78, 5) is 14.7. The molecule has 0 unspecified atom stereocenters. The highest BCUT2D eigenvalue weighted by atomic mass is 79.9. The van der Waals surface area contributed by atoms with Crippen molar-refractivity contribution < 1.29 is 4.79 Å². The summed E-state index contributed by atoms with van der Waals surface area (Å²) >= 11 is 3.29. The second-order valence-corrected chi connectivity index (χ2v) is 4.49.